The molecule has 2 saturated heterocycles. The maximum Gasteiger partial charge on any atom is 0.269 e. The van der Waals surface area contributed by atoms with Gasteiger partial charge in [-0.05, 0) is 30.7 Å². The zero-order valence-corrected chi connectivity index (χ0v) is 19.7. The van der Waals surface area contributed by atoms with E-state index >= 15 is 0 Å². The smallest absolute Gasteiger partial charge is 0.269 e. The summed E-state index contributed by atoms with van der Waals surface area (Å²) >= 11 is 1.74. The molecule has 176 valence electrons. The van der Waals surface area contributed by atoms with Gasteiger partial charge in [-0.2, -0.15) is 0 Å². The largest absolute Gasteiger partial charge is 0.324 e. The normalized spacial score (nSPS) is 27.0. The molecular weight excluding hydrogens is 464 g/mol. The number of carbonyl (C=O) groups is 2. The van der Waals surface area contributed by atoms with Crippen molar-refractivity contribution in [2.75, 3.05) is 16.9 Å². The van der Waals surface area contributed by atoms with Crippen LogP contribution >= 0.6 is 11.8 Å². The predicted molar refractivity (Wildman–Crippen MR) is 132 cm³/mol. The average molecular weight is 487 g/mol. The number of ketones is 1. The Morgan fingerprint density at radius 2 is 2.03 bits per heavy atom. The SMILES string of the molecule is Cc1ccc2c(c1)[C@]1(C(=O)N2)[C@@H](C(=O)c2cccnc2)[C@@H](c2ccc([N+](=O)[O-])cc2)[C@H]2CSCN21. The molecule has 1 spiro atoms. The van der Waals surface area contributed by atoms with Crippen molar-refractivity contribution in [1.29, 1.82) is 0 Å². The quantitative estimate of drug-likeness (QED) is 0.336. The molecular formula is C26H22N4O4S. The third-order valence-corrected chi connectivity index (χ3v) is 8.53. The molecule has 9 heteroatoms. The highest BCUT2D eigenvalue weighted by Crippen LogP contribution is 2.61. The van der Waals surface area contributed by atoms with E-state index < -0.39 is 16.4 Å². The number of nitro groups is 1. The van der Waals surface area contributed by atoms with Crippen LogP contribution in [0.15, 0.2) is 67.0 Å². The lowest BCUT2D eigenvalue weighted by Crippen LogP contribution is -2.52. The molecule has 0 radical (unpaired) electrons. The van der Waals surface area contributed by atoms with Gasteiger partial charge in [0.05, 0.1) is 10.8 Å². The molecule has 35 heavy (non-hydrogen) atoms. The molecule has 8 nitrogen and oxygen atoms in total. The number of hydrogen-bond acceptors (Lipinski definition) is 7. The van der Waals surface area contributed by atoms with E-state index in [1.54, 1.807) is 48.4 Å². The Labute approximate surface area is 205 Å². The lowest BCUT2D eigenvalue weighted by molar-refractivity contribution is -0.384. The highest BCUT2D eigenvalue weighted by Gasteiger charge is 2.69. The fourth-order valence-electron chi connectivity index (χ4n) is 6.07. The number of amides is 1. The standard InChI is InChI=1S/C26H22N4O4S/c1-15-4-9-20-19(11-15)26(25(32)28-20)23(24(31)17-3-2-10-27-12-17)22(21-13-35-14-29(21)26)16-5-7-18(8-6-16)30(33)34/h2-12,21-23H,13-14H2,1H3,(H,28,32)/t21-,22+,23-,26-/m1/s1. The second kappa shape index (κ2) is 8.00. The Kier molecular flexibility index (Phi) is 5.01. The van der Waals surface area contributed by atoms with Crippen LogP contribution in [0.1, 0.15) is 33.0 Å². The van der Waals surface area contributed by atoms with Crippen LogP contribution in [0.4, 0.5) is 11.4 Å². The van der Waals surface area contributed by atoms with Crippen molar-refractivity contribution in [2.24, 2.45) is 5.92 Å². The number of aromatic nitrogens is 1. The van der Waals surface area contributed by atoms with Gasteiger partial charge in [-0.1, -0.05) is 29.8 Å². The summed E-state index contributed by atoms with van der Waals surface area (Å²) in [6.45, 7) is 1.98. The number of carbonyl (C=O) groups excluding carboxylic acids is 2. The van der Waals surface area contributed by atoms with E-state index in [9.17, 15) is 19.7 Å². The van der Waals surface area contributed by atoms with Gasteiger partial charge in [-0.25, -0.2) is 0 Å². The summed E-state index contributed by atoms with van der Waals surface area (Å²) in [5.74, 6) is -0.0131. The zero-order chi connectivity index (χ0) is 24.3. The van der Waals surface area contributed by atoms with Crippen molar-refractivity contribution in [1.82, 2.24) is 9.88 Å². The molecule has 3 aliphatic heterocycles. The molecule has 2 fully saturated rings. The van der Waals surface area contributed by atoms with E-state index in [2.05, 4.69) is 15.2 Å². The third-order valence-electron chi connectivity index (χ3n) is 7.49. The van der Waals surface area contributed by atoms with Crippen LogP contribution < -0.4 is 5.32 Å². The van der Waals surface area contributed by atoms with E-state index in [-0.39, 0.29) is 29.3 Å². The van der Waals surface area contributed by atoms with Crippen molar-refractivity contribution < 1.29 is 14.5 Å². The summed E-state index contributed by atoms with van der Waals surface area (Å²) in [4.78, 5) is 45.4. The van der Waals surface area contributed by atoms with Gasteiger partial charge < -0.3 is 5.32 Å². The van der Waals surface area contributed by atoms with Crippen LogP contribution in [0.2, 0.25) is 0 Å². The van der Waals surface area contributed by atoms with Crippen LogP contribution in [0.3, 0.4) is 0 Å². The molecule has 2 aromatic carbocycles. The van der Waals surface area contributed by atoms with E-state index in [1.807, 2.05) is 25.1 Å². The average Bonchev–Trinajstić information content (AvgIpc) is 3.53. The maximum absolute atomic E-state index is 14.3. The van der Waals surface area contributed by atoms with Gasteiger partial charge in [-0.15, -0.1) is 11.8 Å². The summed E-state index contributed by atoms with van der Waals surface area (Å²) in [5.41, 5.74) is 2.65. The first-order valence-electron chi connectivity index (χ1n) is 11.4. The monoisotopic (exact) mass is 486 g/mol. The molecule has 4 heterocycles. The van der Waals surface area contributed by atoms with Gasteiger partial charge in [0.25, 0.3) is 5.69 Å². The number of nitro benzene ring substituents is 1. The highest BCUT2D eigenvalue weighted by molar-refractivity contribution is 7.99. The fourth-order valence-corrected chi connectivity index (χ4v) is 7.40. The number of non-ortho nitro benzene ring substituents is 1. The number of aryl methyl sites for hydroxylation is 1. The fraction of sp³-hybridized carbons (Fsp3) is 0.269. The Balaban J connectivity index is 1.60. The summed E-state index contributed by atoms with van der Waals surface area (Å²) in [5, 5.41) is 14.3. The summed E-state index contributed by atoms with van der Waals surface area (Å²) in [6.07, 6.45) is 3.16. The predicted octanol–water partition coefficient (Wildman–Crippen LogP) is 4.12. The molecule has 1 aromatic heterocycles. The lowest BCUT2D eigenvalue weighted by Gasteiger charge is -2.36. The van der Waals surface area contributed by atoms with Gasteiger partial charge in [0.2, 0.25) is 5.91 Å². The van der Waals surface area contributed by atoms with Gasteiger partial charge in [0.1, 0.15) is 5.54 Å². The van der Waals surface area contributed by atoms with Crippen molar-refractivity contribution in [3.05, 3.63) is 99.4 Å². The molecule has 4 atom stereocenters. The highest BCUT2D eigenvalue weighted by atomic mass is 32.2. The molecule has 0 bridgehead atoms. The second-order valence-electron chi connectivity index (χ2n) is 9.26. The summed E-state index contributed by atoms with van der Waals surface area (Å²) < 4.78 is 0. The van der Waals surface area contributed by atoms with Crippen LogP contribution in [-0.2, 0) is 10.3 Å². The molecule has 1 amide bonds. The molecule has 1 N–H and O–H groups in total. The maximum atomic E-state index is 14.3. The minimum atomic E-state index is -1.17. The number of Topliss-reactive ketones (excluding diaryl/α,β-unsaturated/α-hetero) is 1. The molecule has 3 aliphatic rings. The number of anilines is 1. The van der Waals surface area contributed by atoms with E-state index in [4.69, 9.17) is 0 Å². The van der Waals surface area contributed by atoms with Crippen molar-refractivity contribution in [3.8, 4) is 0 Å². The second-order valence-corrected chi connectivity index (χ2v) is 10.3. The van der Waals surface area contributed by atoms with E-state index in [1.165, 1.54) is 12.1 Å². The molecule has 6 rings (SSSR count). The van der Waals surface area contributed by atoms with E-state index in [0.29, 0.717) is 11.4 Å². The number of benzene rings is 2. The van der Waals surface area contributed by atoms with Gasteiger partial charge in [-0.3, -0.25) is 29.6 Å². The summed E-state index contributed by atoms with van der Waals surface area (Å²) in [7, 11) is 0. The number of fused-ring (bicyclic) bond motifs is 4. The minimum absolute atomic E-state index is 0.00571. The number of thioether (sulfide) groups is 1. The molecule has 0 aliphatic carbocycles. The van der Waals surface area contributed by atoms with Crippen LogP contribution in [0, 0.1) is 23.0 Å². The number of pyridine rings is 1. The van der Waals surface area contributed by atoms with Crippen molar-refractivity contribution in [3.63, 3.8) is 0 Å². The minimum Gasteiger partial charge on any atom is -0.324 e. The van der Waals surface area contributed by atoms with Crippen molar-refractivity contribution >= 4 is 34.8 Å². The number of hydrogen-bond donors (Lipinski definition) is 1. The zero-order valence-electron chi connectivity index (χ0n) is 18.9. The first kappa shape index (κ1) is 21.9. The Morgan fingerprint density at radius 3 is 2.74 bits per heavy atom. The molecule has 0 unspecified atom stereocenters. The Hall–Kier alpha value is -3.56. The van der Waals surface area contributed by atoms with E-state index in [0.717, 1.165) is 28.1 Å². The van der Waals surface area contributed by atoms with Gasteiger partial charge in [0, 0.05) is 64.9 Å². The van der Waals surface area contributed by atoms with Gasteiger partial charge in [0.15, 0.2) is 5.78 Å². The van der Waals surface area contributed by atoms with Gasteiger partial charge >= 0.3 is 0 Å². The number of rotatable bonds is 4. The van der Waals surface area contributed by atoms with Crippen molar-refractivity contribution in [2.45, 2.75) is 24.4 Å². The first-order valence-corrected chi connectivity index (χ1v) is 12.5. The first-order chi connectivity index (χ1) is 16.9. The van der Waals surface area contributed by atoms with Crippen LogP contribution in [0.25, 0.3) is 0 Å². The Morgan fingerprint density at radius 1 is 1.23 bits per heavy atom. The molecule has 0 saturated carbocycles. The third kappa shape index (κ3) is 3.08. The number of nitrogens with one attached hydrogen (secondary N) is 1. The van der Waals surface area contributed by atoms with Crippen LogP contribution in [0.5, 0.6) is 0 Å². The van der Waals surface area contributed by atoms with Crippen LogP contribution in [-0.4, -0.2) is 44.2 Å². The molecule has 3 aromatic rings. The number of nitrogens with zero attached hydrogens (tertiary/aromatic N) is 3. The lowest BCUT2D eigenvalue weighted by atomic mass is 9.69. The topological polar surface area (TPSA) is 105 Å². The Bertz CT molecular complexity index is 1360. The summed E-state index contributed by atoms with van der Waals surface area (Å²) in [6, 6.07) is 15.7.